The molecule has 0 spiro atoms. The third-order valence-corrected chi connectivity index (χ3v) is 3.86. The second kappa shape index (κ2) is 6.04. The van der Waals surface area contributed by atoms with Gasteiger partial charge in [0.2, 0.25) is 5.91 Å². The van der Waals surface area contributed by atoms with Gasteiger partial charge >= 0.3 is 5.97 Å². The Morgan fingerprint density at radius 3 is 2.90 bits per heavy atom. The largest absolute Gasteiger partial charge is 0.464 e. The average molecular weight is 294 g/mol. The van der Waals surface area contributed by atoms with Crippen molar-refractivity contribution in [3.63, 3.8) is 0 Å². The molecule has 1 aromatic heterocycles. The lowest BCUT2D eigenvalue weighted by Crippen LogP contribution is -2.27. The van der Waals surface area contributed by atoms with Crippen LogP contribution in [-0.2, 0) is 14.3 Å². The molecule has 1 aliphatic rings. The molecule has 1 aliphatic heterocycles. The van der Waals surface area contributed by atoms with Gasteiger partial charge in [-0.2, -0.15) is 0 Å². The number of ether oxygens (including phenoxy) is 1. The third-order valence-electron chi connectivity index (χ3n) is 2.88. The summed E-state index contributed by atoms with van der Waals surface area (Å²) >= 11 is 1.15. The highest BCUT2D eigenvalue weighted by molar-refractivity contribution is 8.14. The zero-order valence-electron chi connectivity index (χ0n) is 11.2. The van der Waals surface area contributed by atoms with Gasteiger partial charge in [-0.3, -0.25) is 9.59 Å². The first-order valence-corrected chi connectivity index (χ1v) is 6.91. The molecule has 2 rings (SSSR count). The van der Waals surface area contributed by atoms with Gasteiger partial charge in [-0.1, -0.05) is 11.8 Å². The van der Waals surface area contributed by atoms with E-state index in [1.54, 1.807) is 12.1 Å². The van der Waals surface area contributed by atoms with Crippen LogP contribution in [0, 0.1) is 0 Å². The highest BCUT2D eigenvalue weighted by Gasteiger charge is 2.34. The van der Waals surface area contributed by atoms with Crippen molar-refractivity contribution in [3.8, 4) is 0 Å². The maximum absolute atomic E-state index is 12.1. The van der Waals surface area contributed by atoms with Gasteiger partial charge in [-0.25, -0.2) is 9.78 Å². The summed E-state index contributed by atoms with van der Waals surface area (Å²) in [5.74, 6) is -0.710. The molecule has 6 nitrogen and oxygen atoms in total. The Morgan fingerprint density at radius 1 is 1.50 bits per heavy atom. The second-order valence-electron chi connectivity index (χ2n) is 4.30. The Morgan fingerprint density at radius 2 is 2.25 bits per heavy atom. The minimum absolute atomic E-state index is 0.0240. The molecule has 7 heteroatoms. The number of thioether (sulfide) groups is 1. The zero-order chi connectivity index (χ0) is 14.7. The maximum Gasteiger partial charge on any atom is 0.358 e. The Bertz CT molecular complexity index is 561. The number of anilines is 1. The topological polar surface area (TPSA) is 76.6 Å². The molecule has 1 saturated heterocycles. The number of rotatable bonds is 3. The van der Waals surface area contributed by atoms with Gasteiger partial charge in [-0.15, -0.1) is 0 Å². The van der Waals surface area contributed by atoms with Crippen molar-refractivity contribution >= 4 is 34.4 Å². The number of esters is 1. The minimum atomic E-state index is -0.587. The molecule has 1 aromatic rings. The molecule has 0 radical (unpaired) electrons. The number of carbonyl (C=O) groups is 3. The zero-order valence-corrected chi connectivity index (χ0v) is 12.0. The van der Waals surface area contributed by atoms with Crippen LogP contribution in [0.1, 0.15) is 23.8 Å². The number of methoxy groups -OCH3 is 1. The number of amides is 1. The van der Waals surface area contributed by atoms with E-state index in [4.69, 9.17) is 0 Å². The summed E-state index contributed by atoms with van der Waals surface area (Å²) in [6, 6.07) is 3.30. The van der Waals surface area contributed by atoms with Crippen LogP contribution in [0.25, 0.3) is 0 Å². The van der Waals surface area contributed by atoms with Crippen LogP contribution >= 0.6 is 11.8 Å². The molecule has 20 heavy (non-hydrogen) atoms. The number of pyridine rings is 1. The lowest BCUT2D eigenvalue weighted by molar-refractivity contribution is -0.117. The van der Waals surface area contributed by atoms with Crippen molar-refractivity contribution in [1.82, 2.24) is 4.98 Å². The molecule has 0 aromatic carbocycles. The van der Waals surface area contributed by atoms with Crippen molar-refractivity contribution in [2.75, 3.05) is 18.6 Å². The van der Waals surface area contributed by atoms with Crippen LogP contribution in [0.5, 0.6) is 0 Å². The smallest absolute Gasteiger partial charge is 0.358 e. The van der Waals surface area contributed by atoms with Gasteiger partial charge < -0.3 is 9.64 Å². The molecule has 1 amide bonds. The van der Waals surface area contributed by atoms with E-state index < -0.39 is 5.97 Å². The van der Waals surface area contributed by atoms with E-state index in [1.807, 2.05) is 0 Å². The van der Waals surface area contributed by atoms with E-state index in [0.29, 0.717) is 12.2 Å². The molecule has 0 aliphatic carbocycles. The fraction of sp³-hybridized carbons (Fsp3) is 0.385. The first-order valence-electron chi connectivity index (χ1n) is 6.04. The van der Waals surface area contributed by atoms with Crippen LogP contribution in [0.2, 0.25) is 0 Å². The van der Waals surface area contributed by atoms with Crippen molar-refractivity contribution in [2.45, 2.75) is 18.6 Å². The van der Waals surface area contributed by atoms with E-state index >= 15 is 0 Å². The molecule has 1 fully saturated rings. The van der Waals surface area contributed by atoms with Crippen LogP contribution in [0.15, 0.2) is 18.3 Å². The summed E-state index contributed by atoms with van der Waals surface area (Å²) in [5, 5.41) is -0.116. The second-order valence-corrected chi connectivity index (χ2v) is 5.78. The first-order chi connectivity index (χ1) is 9.52. The van der Waals surface area contributed by atoms with Crippen LogP contribution in [0.3, 0.4) is 0 Å². The molecular weight excluding hydrogens is 280 g/mol. The van der Waals surface area contributed by atoms with Crippen LogP contribution in [0.4, 0.5) is 5.69 Å². The predicted molar refractivity (Wildman–Crippen MR) is 74.6 cm³/mol. The first kappa shape index (κ1) is 14.5. The van der Waals surface area contributed by atoms with Crippen molar-refractivity contribution in [2.24, 2.45) is 0 Å². The average Bonchev–Trinajstić information content (AvgIpc) is 2.77. The van der Waals surface area contributed by atoms with Gasteiger partial charge in [-0.05, 0) is 12.1 Å². The number of hydrogen-bond acceptors (Lipinski definition) is 6. The van der Waals surface area contributed by atoms with E-state index in [9.17, 15) is 14.4 Å². The number of carbonyl (C=O) groups excluding carboxylic acids is 3. The van der Waals surface area contributed by atoms with Crippen molar-refractivity contribution in [3.05, 3.63) is 24.0 Å². The molecule has 0 bridgehead atoms. The summed E-state index contributed by atoms with van der Waals surface area (Å²) in [6.07, 6.45) is 1.75. The van der Waals surface area contributed by atoms with Gasteiger partial charge in [0.15, 0.2) is 10.8 Å². The highest BCUT2D eigenvalue weighted by atomic mass is 32.2. The normalized spacial score (nSPS) is 18.2. The number of aromatic nitrogens is 1. The Labute approximate surface area is 120 Å². The van der Waals surface area contributed by atoms with Gasteiger partial charge in [0.25, 0.3) is 0 Å². The predicted octanol–water partition coefficient (Wildman–Crippen LogP) is 1.25. The van der Waals surface area contributed by atoms with Crippen molar-refractivity contribution < 1.29 is 19.1 Å². The fourth-order valence-corrected chi connectivity index (χ4v) is 3.01. The van der Waals surface area contributed by atoms with Gasteiger partial charge in [0.05, 0.1) is 12.8 Å². The van der Waals surface area contributed by atoms with Crippen molar-refractivity contribution in [1.29, 1.82) is 0 Å². The standard InChI is InChI=1S/C13H14N2O4S/c1-8(16)20-9-6-11(17)15(7-9)10-4-3-5-14-12(10)13(18)19-2/h3-5,9H,6-7H2,1-2H3. The molecule has 106 valence electrons. The molecular formula is C13H14N2O4S. The minimum Gasteiger partial charge on any atom is -0.464 e. The van der Waals surface area contributed by atoms with Gasteiger partial charge in [0, 0.05) is 31.3 Å². The van der Waals surface area contributed by atoms with Crippen LogP contribution in [-0.4, -0.2) is 40.9 Å². The molecule has 1 atom stereocenters. The summed E-state index contributed by atoms with van der Waals surface area (Å²) < 4.78 is 4.66. The Balaban J connectivity index is 2.26. The molecule has 0 N–H and O–H groups in total. The summed E-state index contributed by atoms with van der Waals surface area (Å²) in [5.41, 5.74) is 0.535. The SMILES string of the molecule is COC(=O)c1ncccc1N1CC(SC(C)=O)CC1=O. The molecule has 0 saturated carbocycles. The number of hydrogen-bond donors (Lipinski definition) is 0. The quantitative estimate of drug-likeness (QED) is 0.781. The summed E-state index contributed by atoms with van der Waals surface area (Å²) in [4.78, 5) is 40.3. The molecule has 2 heterocycles. The summed E-state index contributed by atoms with van der Waals surface area (Å²) in [6.45, 7) is 1.86. The monoisotopic (exact) mass is 294 g/mol. The van der Waals surface area contributed by atoms with Gasteiger partial charge in [0.1, 0.15) is 0 Å². The van der Waals surface area contributed by atoms with E-state index in [-0.39, 0.29) is 28.4 Å². The summed E-state index contributed by atoms with van der Waals surface area (Å²) in [7, 11) is 1.26. The maximum atomic E-state index is 12.1. The Hall–Kier alpha value is -1.89. The van der Waals surface area contributed by atoms with Crippen LogP contribution < -0.4 is 4.90 Å². The number of nitrogens with zero attached hydrogens (tertiary/aromatic N) is 2. The highest BCUT2D eigenvalue weighted by Crippen LogP contribution is 2.30. The molecule has 1 unspecified atom stereocenters. The lowest BCUT2D eigenvalue weighted by atomic mass is 10.2. The van der Waals surface area contributed by atoms with E-state index in [2.05, 4.69) is 9.72 Å². The van der Waals surface area contributed by atoms with E-state index in [1.165, 1.54) is 25.1 Å². The third kappa shape index (κ3) is 2.98. The van der Waals surface area contributed by atoms with E-state index in [0.717, 1.165) is 11.8 Å². The lowest BCUT2D eigenvalue weighted by Gasteiger charge is -2.18. The Kier molecular flexibility index (Phi) is 4.39. The fourth-order valence-electron chi connectivity index (χ4n) is 2.09.